The van der Waals surface area contributed by atoms with E-state index in [4.69, 9.17) is 0 Å². The summed E-state index contributed by atoms with van der Waals surface area (Å²) in [7, 11) is 0. The minimum absolute atomic E-state index is 0.469. The molecular weight excluding hydrogens is 180 g/mol. The largest absolute Gasteiger partial charge is 0.102 e. The van der Waals surface area contributed by atoms with Gasteiger partial charge in [-0.1, -0.05) is 55.5 Å². The van der Waals surface area contributed by atoms with Gasteiger partial charge in [0.15, 0.2) is 0 Å². The number of allylic oxidation sites excluding steroid dienone is 1. The summed E-state index contributed by atoms with van der Waals surface area (Å²) in [5, 5.41) is 2.67. The number of hydrogen-bond donors (Lipinski definition) is 0. The molecule has 2 aromatic carbocycles. The molecule has 0 amide bonds. The Morgan fingerprint density at radius 3 is 2.60 bits per heavy atom. The number of fused-ring (bicyclic) bond motifs is 1. The Balaban J connectivity index is 2.64. The van der Waals surface area contributed by atoms with Crippen LogP contribution in [-0.2, 0) is 0 Å². The molecule has 15 heavy (non-hydrogen) atoms. The van der Waals surface area contributed by atoms with Gasteiger partial charge in [-0.2, -0.15) is 0 Å². The lowest BCUT2D eigenvalue weighted by Gasteiger charge is -2.13. The lowest BCUT2D eigenvalue weighted by molar-refractivity contribution is 0.814. The quantitative estimate of drug-likeness (QED) is 0.633. The summed E-state index contributed by atoms with van der Waals surface area (Å²) >= 11 is 0. The van der Waals surface area contributed by atoms with E-state index in [1.54, 1.807) is 0 Å². The summed E-state index contributed by atoms with van der Waals surface area (Å²) in [6, 6.07) is 15.0. The Hall–Kier alpha value is -1.56. The van der Waals surface area contributed by atoms with Gasteiger partial charge in [-0.3, -0.25) is 0 Å². The molecule has 1 unspecified atom stereocenters. The average Bonchev–Trinajstić information content (AvgIpc) is 2.31. The van der Waals surface area contributed by atoms with Crippen molar-refractivity contribution in [2.75, 3.05) is 0 Å². The van der Waals surface area contributed by atoms with E-state index in [0.717, 1.165) is 6.42 Å². The van der Waals surface area contributed by atoms with Gasteiger partial charge in [0.1, 0.15) is 0 Å². The van der Waals surface area contributed by atoms with Gasteiger partial charge in [0.2, 0.25) is 0 Å². The van der Waals surface area contributed by atoms with Gasteiger partial charge in [0.05, 0.1) is 0 Å². The molecular formula is C15H16. The Morgan fingerprint density at radius 1 is 1.13 bits per heavy atom. The first-order valence-corrected chi connectivity index (χ1v) is 5.47. The molecule has 0 nitrogen and oxygen atoms in total. The standard InChI is InChI=1S/C15H16/c1-3-12(4-2)14-11-7-9-13-8-5-6-10-15(13)14/h3,5-12H,1,4H2,2H3. The van der Waals surface area contributed by atoms with Crippen molar-refractivity contribution in [1.29, 1.82) is 0 Å². The molecule has 2 rings (SSSR count). The van der Waals surface area contributed by atoms with Crippen molar-refractivity contribution in [1.82, 2.24) is 0 Å². The Labute approximate surface area is 91.2 Å². The third kappa shape index (κ3) is 1.80. The molecule has 0 aliphatic rings. The fourth-order valence-electron chi connectivity index (χ4n) is 2.09. The van der Waals surface area contributed by atoms with Crippen LogP contribution in [0.1, 0.15) is 24.8 Å². The third-order valence-electron chi connectivity index (χ3n) is 2.95. The maximum absolute atomic E-state index is 3.92. The van der Waals surface area contributed by atoms with E-state index < -0.39 is 0 Å². The van der Waals surface area contributed by atoms with Crippen LogP contribution < -0.4 is 0 Å². The van der Waals surface area contributed by atoms with Gasteiger partial charge in [-0.15, -0.1) is 6.58 Å². The second kappa shape index (κ2) is 4.31. The van der Waals surface area contributed by atoms with Crippen LogP contribution in [0.25, 0.3) is 10.8 Å². The molecule has 0 fully saturated rings. The van der Waals surface area contributed by atoms with E-state index in [-0.39, 0.29) is 0 Å². The third-order valence-corrected chi connectivity index (χ3v) is 2.95. The van der Waals surface area contributed by atoms with E-state index in [9.17, 15) is 0 Å². The fourth-order valence-corrected chi connectivity index (χ4v) is 2.09. The van der Waals surface area contributed by atoms with Crippen molar-refractivity contribution in [3.8, 4) is 0 Å². The first-order chi connectivity index (χ1) is 7.36. The molecule has 0 heteroatoms. The molecule has 0 N–H and O–H groups in total. The fraction of sp³-hybridized carbons (Fsp3) is 0.200. The Bertz CT molecular complexity index is 463. The van der Waals surface area contributed by atoms with Gasteiger partial charge in [0.25, 0.3) is 0 Å². The SMILES string of the molecule is C=CC(CC)c1cccc2ccccc12. The normalized spacial score (nSPS) is 12.6. The zero-order valence-electron chi connectivity index (χ0n) is 9.11. The van der Waals surface area contributed by atoms with Gasteiger partial charge < -0.3 is 0 Å². The maximum atomic E-state index is 3.92. The van der Waals surface area contributed by atoms with Crippen molar-refractivity contribution in [2.24, 2.45) is 0 Å². The van der Waals surface area contributed by atoms with Crippen molar-refractivity contribution < 1.29 is 0 Å². The molecule has 0 heterocycles. The molecule has 0 saturated carbocycles. The minimum Gasteiger partial charge on any atom is -0.102 e. The molecule has 0 aromatic heterocycles. The van der Waals surface area contributed by atoms with Crippen LogP contribution in [0.4, 0.5) is 0 Å². The van der Waals surface area contributed by atoms with Crippen molar-refractivity contribution in [2.45, 2.75) is 19.3 Å². The first kappa shape index (κ1) is 9.97. The van der Waals surface area contributed by atoms with Crippen LogP contribution in [0.3, 0.4) is 0 Å². The summed E-state index contributed by atoms with van der Waals surface area (Å²) < 4.78 is 0. The van der Waals surface area contributed by atoms with Gasteiger partial charge in [-0.05, 0) is 22.8 Å². The molecule has 0 aliphatic heterocycles. The Kier molecular flexibility index (Phi) is 2.86. The smallest absolute Gasteiger partial charge is 0.00188 e. The van der Waals surface area contributed by atoms with Crippen LogP contribution in [0.5, 0.6) is 0 Å². The summed E-state index contributed by atoms with van der Waals surface area (Å²) in [6.07, 6.45) is 3.15. The molecule has 0 radical (unpaired) electrons. The van der Waals surface area contributed by atoms with E-state index in [2.05, 4.69) is 56.0 Å². The predicted molar refractivity (Wildman–Crippen MR) is 67.2 cm³/mol. The van der Waals surface area contributed by atoms with Gasteiger partial charge >= 0.3 is 0 Å². The lowest BCUT2D eigenvalue weighted by atomic mass is 9.92. The topological polar surface area (TPSA) is 0 Å². The number of hydrogen-bond acceptors (Lipinski definition) is 0. The highest BCUT2D eigenvalue weighted by Gasteiger charge is 2.07. The van der Waals surface area contributed by atoms with E-state index in [1.165, 1.54) is 16.3 Å². The molecule has 2 aromatic rings. The van der Waals surface area contributed by atoms with Crippen LogP contribution in [0.2, 0.25) is 0 Å². The predicted octanol–water partition coefficient (Wildman–Crippen LogP) is 4.52. The highest BCUT2D eigenvalue weighted by Crippen LogP contribution is 2.28. The van der Waals surface area contributed by atoms with Crippen molar-refractivity contribution in [3.05, 3.63) is 60.7 Å². The lowest BCUT2D eigenvalue weighted by Crippen LogP contribution is -1.93. The van der Waals surface area contributed by atoms with E-state index >= 15 is 0 Å². The second-order valence-electron chi connectivity index (χ2n) is 3.82. The van der Waals surface area contributed by atoms with Crippen molar-refractivity contribution >= 4 is 10.8 Å². The van der Waals surface area contributed by atoms with Crippen LogP contribution >= 0.6 is 0 Å². The summed E-state index contributed by atoms with van der Waals surface area (Å²) in [4.78, 5) is 0. The van der Waals surface area contributed by atoms with Gasteiger partial charge in [0, 0.05) is 5.92 Å². The molecule has 1 atom stereocenters. The molecule has 0 bridgehead atoms. The number of benzene rings is 2. The molecule has 0 aliphatic carbocycles. The zero-order valence-corrected chi connectivity index (χ0v) is 9.11. The van der Waals surface area contributed by atoms with Crippen LogP contribution in [-0.4, -0.2) is 0 Å². The molecule has 0 saturated heterocycles. The second-order valence-corrected chi connectivity index (χ2v) is 3.82. The van der Waals surface area contributed by atoms with Crippen LogP contribution in [0.15, 0.2) is 55.1 Å². The summed E-state index contributed by atoms with van der Waals surface area (Å²) in [5.41, 5.74) is 1.39. The highest BCUT2D eigenvalue weighted by molar-refractivity contribution is 5.86. The van der Waals surface area contributed by atoms with E-state index in [1.807, 2.05) is 6.08 Å². The van der Waals surface area contributed by atoms with E-state index in [0.29, 0.717) is 5.92 Å². The molecule has 0 spiro atoms. The summed E-state index contributed by atoms with van der Waals surface area (Å²) in [5.74, 6) is 0.469. The van der Waals surface area contributed by atoms with Gasteiger partial charge in [-0.25, -0.2) is 0 Å². The Morgan fingerprint density at radius 2 is 1.87 bits per heavy atom. The maximum Gasteiger partial charge on any atom is 0.00188 e. The molecule has 76 valence electrons. The average molecular weight is 196 g/mol. The first-order valence-electron chi connectivity index (χ1n) is 5.47. The van der Waals surface area contributed by atoms with Crippen molar-refractivity contribution in [3.63, 3.8) is 0 Å². The van der Waals surface area contributed by atoms with Crippen LogP contribution in [0, 0.1) is 0 Å². The minimum atomic E-state index is 0.469. The number of rotatable bonds is 3. The monoisotopic (exact) mass is 196 g/mol. The highest BCUT2D eigenvalue weighted by atomic mass is 14.1. The zero-order chi connectivity index (χ0) is 10.7. The summed E-state index contributed by atoms with van der Waals surface area (Å²) in [6.45, 7) is 6.12.